The molecule has 3 rings (SSSR count). The molecular weight excluding hydrogens is 482 g/mol. The number of nitrogens with one attached hydrogen (secondary N) is 2. The van der Waals surface area contributed by atoms with E-state index in [1.165, 1.54) is 17.3 Å². The molecule has 1 heterocycles. The molecule has 1 fully saturated rings. The average Bonchev–Trinajstić information content (AvgIpc) is 2.73. The third kappa shape index (κ3) is 6.85. The molecule has 1 aliphatic heterocycles. The van der Waals surface area contributed by atoms with E-state index in [-0.39, 0.29) is 29.8 Å². The Hall–Kier alpha value is -1.87. The molecule has 2 aromatic rings. The van der Waals surface area contributed by atoms with Gasteiger partial charge in [0.1, 0.15) is 5.82 Å². The number of morpholine rings is 1. The SMILES string of the molecule is CCNC(=NCc1ccc(F)c(C)c1)NCc1ccccc1N1CCOCC1.I. The third-order valence-electron chi connectivity index (χ3n) is 4.78. The molecule has 0 aliphatic carbocycles. The smallest absolute Gasteiger partial charge is 0.191 e. The van der Waals surface area contributed by atoms with E-state index in [4.69, 9.17) is 4.74 Å². The predicted octanol–water partition coefficient (Wildman–Crippen LogP) is 3.84. The van der Waals surface area contributed by atoms with Crippen LogP contribution in [-0.4, -0.2) is 38.8 Å². The zero-order valence-corrected chi connectivity index (χ0v) is 19.4. The Bertz CT molecular complexity index is 809. The second-order valence-corrected chi connectivity index (χ2v) is 6.86. The summed E-state index contributed by atoms with van der Waals surface area (Å²) in [5, 5.41) is 6.70. The van der Waals surface area contributed by atoms with Crippen molar-refractivity contribution in [1.82, 2.24) is 10.6 Å². The Morgan fingerprint density at radius 2 is 1.90 bits per heavy atom. The molecule has 29 heavy (non-hydrogen) atoms. The van der Waals surface area contributed by atoms with Gasteiger partial charge in [-0.25, -0.2) is 9.38 Å². The van der Waals surface area contributed by atoms with E-state index in [0.29, 0.717) is 18.7 Å². The molecule has 158 valence electrons. The Balaban J connectivity index is 0.00000300. The van der Waals surface area contributed by atoms with Crippen LogP contribution in [0.5, 0.6) is 0 Å². The van der Waals surface area contributed by atoms with Crippen LogP contribution in [0.3, 0.4) is 0 Å². The molecule has 1 saturated heterocycles. The first-order valence-corrected chi connectivity index (χ1v) is 9.85. The van der Waals surface area contributed by atoms with Gasteiger partial charge >= 0.3 is 0 Å². The highest BCUT2D eigenvalue weighted by atomic mass is 127. The first kappa shape index (κ1) is 23.4. The summed E-state index contributed by atoms with van der Waals surface area (Å²) in [6.07, 6.45) is 0. The first-order valence-electron chi connectivity index (χ1n) is 9.85. The van der Waals surface area contributed by atoms with Crippen LogP contribution in [0.1, 0.15) is 23.6 Å². The topological polar surface area (TPSA) is 48.9 Å². The summed E-state index contributed by atoms with van der Waals surface area (Å²) in [5.41, 5.74) is 4.10. The van der Waals surface area contributed by atoms with Crippen LogP contribution in [0.4, 0.5) is 10.1 Å². The van der Waals surface area contributed by atoms with Crippen molar-refractivity contribution in [3.05, 3.63) is 65.0 Å². The van der Waals surface area contributed by atoms with Crippen molar-refractivity contribution < 1.29 is 9.13 Å². The average molecular weight is 512 g/mol. The minimum Gasteiger partial charge on any atom is -0.378 e. The summed E-state index contributed by atoms with van der Waals surface area (Å²) >= 11 is 0. The van der Waals surface area contributed by atoms with Crippen LogP contribution in [0, 0.1) is 12.7 Å². The number of aryl methyl sites for hydroxylation is 1. The number of ether oxygens (including phenoxy) is 1. The van der Waals surface area contributed by atoms with Crippen LogP contribution in [-0.2, 0) is 17.8 Å². The highest BCUT2D eigenvalue weighted by Crippen LogP contribution is 2.21. The number of halogens is 2. The van der Waals surface area contributed by atoms with Gasteiger partial charge in [0.2, 0.25) is 0 Å². The van der Waals surface area contributed by atoms with E-state index in [2.05, 4.69) is 44.8 Å². The largest absolute Gasteiger partial charge is 0.378 e. The van der Waals surface area contributed by atoms with E-state index in [9.17, 15) is 4.39 Å². The van der Waals surface area contributed by atoms with Crippen molar-refractivity contribution in [2.45, 2.75) is 26.9 Å². The number of nitrogens with zero attached hydrogens (tertiary/aromatic N) is 2. The van der Waals surface area contributed by atoms with Gasteiger partial charge in [-0.3, -0.25) is 0 Å². The first-order chi connectivity index (χ1) is 13.7. The van der Waals surface area contributed by atoms with E-state index >= 15 is 0 Å². The molecule has 2 N–H and O–H groups in total. The van der Waals surface area contributed by atoms with Crippen molar-refractivity contribution in [1.29, 1.82) is 0 Å². The van der Waals surface area contributed by atoms with Crippen LogP contribution in [0.25, 0.3) is 0 Å². The van der Waals surface area contributed by atoms with Gasteiger partial charge in [-0.05, 0) is 42.7 Å². The number of guanidine groups is 1. The van der Waals surface area contributed by atoms with Crippen molar-refractivity contribution in [3.63, 3.8) is 0 Å². The molecule has 0 bridgehead atoms. The number of aliphatic imine (C=N–C) groups is 1. The summed E-state index contributed by atoms with van der Waals surface area (Å²) in [6, 6.07) is 13.6. The van der Waals surface area contributed by atoms with Crippen molar-refractivity contribution in [2.75, 3.05) is 37.7 Å². The van der Waals surface area contributed by atoms with Crippen LogP contribution < -0.4 is 15.5 Å². The number of anilines is 1. The highest BCUT2D eigenvalue weighted by molar-refractivity contribution is 14.0. The number of hydrogen-bond donors (Lipinski definition) is 2. The maximum atomic E-state index is 13.4. The number of hydrogen-bond acceptors (Lipinski definition) is 3. The van der Waals surface area contributed by atoms with Crippen molar-refractivity contribution >= 4 is 35.6 Å². The number of para-hydroxylation sites is 1. The normalized spacial score (nSPS) is 14.3. The summed E-state index contributed by atoms with van der Waals surface area (Å²) < 4.78 is 18.9. The summed E-state index contributed by atoms with van der Waals surface area (Å²) in [4.78, 5) is 7.02. The monoisotopic (exact) mass is 512 g/mol. The highest BCUT2D eigenvalue weighted by Gasteiger charge is 2.14. The minimum absolute atomic E-state index is 0. The fourth-order valence-corrected chi connectivity index (χ4v) is 3.27. The fraction of sp³-hybridized carbons (Fsp3) is 0.409. The molecule has 0 atom stereocenters. The van der Waals surface area contributed by atoms with E-state index < -0.39 is 0 Å². The summed E-state index contributed by atoms with van der Waals surface area (Å²) in [6.45, 7) is 9.13. The van der Waals surface area contributed by atoms with Crippen molar-refractivity contribution in [3.8, 4) is 0 Å². The lowest BCUT2D eigenvalue weighted by Crippen LogP contribution is -2.39. The molecule has 0 unspecified atom stereocenters. The second-order valence-electron chi connectivity index (χ2n) is 6.86. The van der Waals surface area contributed by atoms with Crippen molar-refractivity contribution in [2.24, 2.45) is 4.99 Å². The minimum atomic E-state index is -0.183. The maximum Gasteiger partial charge on any atom is 0.191 e. The Morgan fingerprint density at radius 3 is 2.62 bits per heavy atom. The van der Waals surface area contributed by atoms with Gasteiger partial charge in [0.15, 0.2) is 5.96 Å². The Kier molecular flexibility index (Phi) is 9.66. The van der Waals surface area contributed by atoms with Gasteiger partial charge < -0.3 is 20.3 Å². The van der Waals surface area contributed by atoms with Gasteiger partial charge in [-0.15, -0.1) is 24.0 Å². The van der Waals surface area contributed by atoms with Crippen LogP contribution in [0.15, 0.2) is 47.5 Å². The molecule has 0 aromatic heterocycles. The molecule has 7 heteroatoms. The Morgan fingerprint density at radius 1 is 1.14 bits per heavy atom. The van der Waals surface area contributed by atoms with Gasteiger partial charge in [0.25, 0.3) is 0 Å². The van der Waals surface area contributed by atoms with Crippen LogP contribution >= 0.6 is 24.0 Å². The predicted molar refractivity (Wildman–Crippen MR) is 128 cm³/mol. The van der Waals surface area contributed by atoms with E-state index in [1.54, 1.807) is 13.0 Å². The van der Waals surface area contributed by atoms with Gasteiger partial charge in [-0.2, -0.15) is 0 Å². The standard InChI is InChI=1S/C22H29FN4O.HI/c1-3-24-22(25-15-18-8-9-20(23)17(2)14-18)26-16-19-6-4-5-7-21(19)27-10-12-28-13-11-27;/h4-9,14H,3,10-13,15-16H2,1-2H3,(H2,24,25,26);1H. The molecule has 0 saturated carbocycles. The summed E-state index contributed by atoms with van der Waals surface area (Å²) in [5.74, 6) is 0.568. The van der Waals surface area contributed by atoms with Gasteiger partial charge in [0.05, 0.1) is 19.8 Å². The third-order valence-corrected chi connectivity index (χ3v) is 4.78. The van der Waals surface area contributed by atoms with Gasteiger partial charge in [0, 0.05) is 31.9 Å². The number of rotatable bonds is 6. The quantitative estimate of drug-likeness (QED) is 0.351. The molecule has 5 nitrogen and oxygen atoms in total. The number of benzene rings is 2. The lowest BCUT2D eigenvalue weighted by molar-refractivity contribution is 0.122. The maximum absolute atomic E-state index is 13.4. The lowest BCUT2D eigenvalue weighted by atomic mass is 10.1. The molecule has 2 aromatic carbocycles. The fourth-order valence-electron chi connectivity index (χ4n) is 3.27. The Labute approximate surface area is 189 Å². The second kappa shape index (κ2) is 12.0. The molecule has 0 amide bonds. The summed E-state index contributed by atoms with van der Waals surface area (Å²) in [7, 11) is 0. The lowest BCUT2D eigenvalue weighted by Gasteiger charge is -2.30. The zero-order chi connectivity index (χ0) is 19.8. The zero-order valence-electron chi connectivity index (χ0n) is 17.1. The molecule has 1 aliphatic rings. The van der Waals surface area contributed by atoms with Gasteiger partial charge in [-0.1, -0.05) is 30.3 Å². The molecular formula is C22H30FIN4O. The molecule has 0 spiro atoms. The van der Waals surface area contributed by atoms with E-state index in [0.717, 1.165) is 44.4 Å². The molecule has 0 radical (unpaired) electrons. The van der Waals surface area contributed by atoms with E-state index in [1.807, 2.05) is 13.0 Å². The van der Waals surface area contributed by atoms with Crippen LogP contribution in [0.2, 0.25) is 0 Å².